The Balaban J connectivity index is 2.29. The lowest BCUT2D eigenvalue weighted by atomic mass is 10.4. The van der Waals surface area contributed by atoms with Gasteiger partial charge in [0.2, 0.25) is 5.95 Å². The molecule has 64 valence electrons. The SMILES string of the molecule is O=C(O)CCNc1ncncn1. The summed E-state index contributed by atoms with van der Waals surface area (Å²) in [5.41, 5.74) is 0. The second-order valence-corrected chi connectivity index (χ2v) is 2.03. The van der Waals surface area contributed by atoms with Gasteiger partial charge in [0.05, 0.1) is 6.42 Å². The lowest BCUT2D eigenvalue weighted by molar-refractivity contribution is -0.136. The zero-order chi connectivity index (χ0) is 8.81. The van der Waals surface area contributed by atoms with Crippen LogP contribution in [0.3, 0.4) is 0 Å². The molecule has 1 aromatic heterocycles. The third-order valence-electron chi connectivity index (χ3n) is 1.12. The topological polar surface area (TPSA) is 88.0 Å². The molecule has 1 rings (SSSR count). The molecule has 0 amide bonds. The number of nitrogens with one attached hydrogen (secondary N) is 1. The van der Waals surface area contributed by atoms with E-state index in [-0.39, 0.29) is 6.42 Å². The van der Waals surface area contributed by atoms with E-state index < -0.39 is 5.97 Å². The molecule has 0 unspecified atom stereocenters. The van der Waals surface area contributed by atoms with Gasteiger partial charge in [-0.25, -0.2) is 15.0 Å². The number of hydrogen-bond acceptors (Lipinski definition) is 5. The Kier molecular flexibility index (Phi) is 2.95. The zero-order valence-electron chi connectivity index (χ0n) is 6.27. The summed E-state index contributed by atoms with van der Waals surface area (Å²) in [6.07, 6.45) is 2.73. The van der Waals surface area contributed by atoms with E-state index in [1.54, 1.807) is 0 Å². The van der Waals surface area contributed by atoms with Crippen LogP contribution < -0.4 is 5.32 Å². The molecule has 0 radical (unpaired) electrons. The molecule has 0 aromatic carbocycles. The summed E-state index contributed by atoms with van der Waals surface area (Å²) in [6.45, 7) is 0.319. The van der Waals surface area contributed by atoms with Crippen molar-refractivity contribution in [3.63, 3.8) is 0 Å². The number of rotatable bonds is 4. The molecule has 0 fully saturated rings. The van der Waals surface area contributed by atoms with Crippen molar-refractivity contribution in [2.75, 3.05) is 11.9 Å². The van der Waals surface area contributed by atoms with Crippen molar-refractivity contribution < 1.29 is 9.90 Å². The smallest absolute Gasteiger partial charge is 0.305 e. The Hall–Kier alpha value is -1.72. The minimum Gasteiger partial charge on any atom is -0.481 e. The highest BCUT2D eigenvalue weighted by molar-refractivity contribution is 5.67. The molecule has 1 heterocycles. The first-order chi connectivity index (χ1) is 5.79. The number of carboxylic acids is 1. The Bertz CT molecular complexity index is 251. The predicted octanol–water partition coefficient (Wildman–Crippen LogP) is -0.242. The van der Waals surface area contributed by atoms with Gasteiger partial charge in [0.25, 0.3) is 0 Å². The van der Waals surface area contributed by atoms with Crippen LogP contribution in [-0.2, 0) is 4.79 Å². The van der Waals surface area contributed by atoms with Crippen LogP contribution in [0.15, 0.2) is 12.7 Å². The van der Waals surface area contributed by atoms with Crippen LogP contribution in [-0.4, -0.2) is 32.6 Å². The van der Waals surface area contributed by atoms with Crippen LogP contribution >= 0.6 is 0 Å². The second-order valence-electron chi connectivity index (χ2n) is 2.03. The largest absolute Gasteiger partial charge is 0.481 e. The third-order valence-corrected chi connectivity index (χ3v) is 1.12. The molecule has 1 aromatic rings. The van der Waals surface area contributed by atoms with Gasteiger partial charge in [0.15, 0.2) is 0 Å². The van der Waals surface area contributed by atoms with Gasteiger partial charge in [0, 0.05) is 6.54 Å². The molecule has 0 saturated heterocycles. The average Bonchev–Trinajstić information content (AvgIpc) is 2.05. The lowest BCUT2D eigenvalue weighted by Crippen LogP contribution is -2.09. The van der Waals surface area contributed by atoms with Crippen molar-refractivity contribution in [3.8, 4) is 0 Å². The molecule has 6 nitrogen and oxygen atoms in total. The summed E-state index contributed by atoms with van der Waals surface area (Å²) in [5, 5.41) is 11.0. The van der Waals surface area contributed by atoms with E-state index in [4.69, 9.17) is 5.11 Å². The number of carboxylic acid groups (broad SMARTS) is 1. The van der Waals surface area contributed by atoms with Crippen molar-refractivity contribution in [2.45, 2.75) is 6.42 Å². The molecule has 0 spiro atoms. The minimum absolute atomic E-state index is 0.0473. The molecule has 6 heteroatoms. The average molecular weight is 168 g/mol. The molecular weight excluding hydrogens is 160 g/mol. The summed E-state index contributed by atoms with van der Waals surface area (Å²) in [6, 6.07) is 0. The van der Waals surface area contributed by atoms with Crippen molar-refractivity contribution >= 4 is 11.9 Å². The van der Waals surface area contributed by atoms with Crippen molar-refractivity contribution in [1.82, 2.24) is 15.0 Å². The molecule has 2 N–H and O–H groups in total. The maximum absolute atomic E-state index is 10.1. The number of aromatic nitrogens is 3. The summed E-state index contributed by atoms with van der Waals surface area (Å²) >= 11 is 0. The quantitative estimate of drug-likeness (QED) is 0.645. The Morgan fingerprint density at radius 3 is 2.75 bits per heavy atom. The van der Waals surface area contributed by atoms with E-state index in [1.807, 2.05) is 0 Å². The highest BCUT2D eigenvalue weighted by Gasteiger charge is 1.96. The summed E-state index contributed by atoms with van der Waals surface area (Å²) in [4.78, 5) is 21.2. The minimum atomic E-state index is -0.850. The standard InChI is InChI=1S/C6H8N4O2/c11-5(12)1-2-8-6-9-3-7-4-10-6/h3-4H,1-2H2,(H,11,12)(H,7,8,9,10). The van der Waals surface area contributed by atoms with E-state index in [2.05, 4.69) is 20.3 Å². The van der Waals surface area contributed by atoms with Crippen molar-refractivity contribution in [3.05, 3.63) is 12.7 Å². The maximum Gasteiger partial charge on any atom is 0.305 e. The molecule has 0 saturated carbocycles. The van der Waals surface area contributed by atoms with Crippen LogP contribution in [0, 0.1) is 0 Å². The maximum atomic E-state index is 10.1. The van der Waals surface area contributed by atoms with Gasteiger partial charge < -0.3 is 10.4 Å². The highest BCUT2D eigenvalue weighted by Crippen LogP contribution is 1.91. The first kappa shape index (κ1) is 8.38. The molecule has 0 aliphatic heterocycles. The van der Waals surface area contributed by atoms with Crippen molar-refractivity contribution in [1.29, 1.82) is 0 Å². The van der Waals surface area contributed by atoms with Crippen molar-refractivity contribution in [2.24, 2.45) is 0 Å². The fourth-order valence-corrected chi connectivity index (χ4v) is 0.612. The van der Waals surface area contributed by atoms with Crippen LogP contribution in [0.2, 0.25) is 0 Å². The predicted molar refractivity (Wildman–Crippen MR) is 40.6 cm³/mol. The van der Waals surface area contributed by atoms with Gasteiger partial charge in [-0.1, -0.05) is 0 Å². The van der Waals surface area contributed by atoms with Gasteiger partial charge in [-0.3, -0.25) is 4.79 Å². The summed E-state index contributed by atoms with van der Waals surface area (Å²) in [7, 11) is 0. The molecular formula is C6H8N4O2. The molecule has 0 atom stereocenters. The Labute approximate surface area is 68.7 Å². The van der Waals surface area contributed by atoms with Crippen LogP contribution in [0.25, 0.3) is 0 Å². The van der Waals surface area contributed by atoms with Gasteiger partial charge in [-0.15, -0.1) is 0 Å². The number of anilines is 1. The Morgan fingerprint density at radius 2 is 2.17 bits per heavy atom. The zero-order valence-corrected chi connectivity index (χ0v) is 6.27. The second kappa shape index (κ2) is 4.22. The summed E-state index contributed by atoms with van der Waals surface area (Å²) < 4.78 is 0. The number of carbonyl (C=O) groups is 1. The van der Waals surface area contributed by atoms with Gasteiger partial charge >= 0.3 is 5.97 Å². The molecule has 0 bridgehead atoms. The first-order valence-electron chi connectivity index (χ1n) is 3.36. The molecule has 0 aliphatic rings. The first-order valence-corrected chi connectivity index (χ1v) is 3.36. The highest BCUT2D eigenvalue weighted by atomic mass is 16.4. The fourth-order valence-electron chi connectivity index (χ4n) is 0.612. The number of hydrogen-bond donors (Lipinski definition) is 2. The number of nitrogens with zero attached hydrogens (tertiary/aromatic N) is 3. The van der Waals surface area contributed by atoms with E-state index in [9.17, 15) is 4.79 Å². The van der Waals surface area contributed by atoms with Crippen LogP contribution in [0.5, 0.6) is 0 Å². The normalized spacial score (nSPS) is 9.33. The molecule has 0 aliphatic carbocycles. The lowest BCUT2D eigenvalue weighted by Gasteiger charge is -1.99. The molecule has 12 heavy (non-hydrogen) atoms. The van der Waals surface area contributed by atoms with E-state index >= 15 is 0 Å². The number of aliphatic carboxylic acids is 1. The van der Waals surface area contributed by atoms with Crippen LogP contribution in [0.4, 0.5) is 5.95 Å². The van der Waals surface area contributed by atoms with Gasteiger partial charge in [-0.2, -0.15) is 0 Å². The van der Waals surface area contributed by atoms with Gasteiger partial charge in [0.1, 0.15) is 12.7 Å². The third kappa shape index (κ3) is 2.91. The monoisotopic (exact) mass is 168 g/mol. The van der Waals surface area contributed by atoms with E-state index in [0.29, 0.717) is 12.5 Å². The van der Waals surface area contributed by atoms with E-state index in [0.717, 1.165) is 0 Å². The van der Waals surface area contributed by atoms with Crippen LogP contribution in [0.1, 0.15) is 6.42 Å². The fraction of sp³-hybridized carbons (Fsp3) is 0.333. The Morgan fingerprint density at radius 1 is 1.50 bits per heavy atom. The van der Waals surface area contributed by atoms with E-state index in [1.165, 1.54) is 12.7 Å². The van der Waals surface area contributed by atoms with Gasteiger partial charge in [-0.05, 0) is 0 Å². The summed E-state index contributed by atoms with van der Waals surface area (Å²) in [5.74, 6) is -0.456.